The van der Waals surface area contributed by atoms with Gasteiger partial charge in [0.1, 0.15) is 5.75 Å². The highest BCUT2D eigenvalue weighted by molar-refractivity contribution is 7.89. The molecule has 2 aromatic carbocycles. The van der Waals surface area contributed by atoms with Crippen molar-refractivity contribution < 1.29 is 22.7 Å². The van der Waals surface area contributed by atoms with Gasteiger partial charge in [0, 0.05) is 30.8 Å². The Kier molecular flexibility index (Phi) is 6.56. The molecule has 156 valence electrons. The molecule has 0 unspecified atom stereocenters. The molecule has 1 fully saturated rings. The number of sulfonamides is 1. The van der Waals surface area contributed by atoms with Gasteiger partial charge in [0.15, 0.2) is 0 Å². The number of rotatable bonds is 6. The van der Waals surface area contributed by atoms with Crippen LogP contribution in [0.1, 0.15) is 29.8 Å². The minimum absolute atomic E-state index is 0.101. The predicted octanol–water partition coefficient (Wildman–Crippen LogP) is 2.42. The molecule has 1 aliphatic heterocycles. The van der Waals surface area contributed by atoms with Crippen molar-refractivity contribution in [2.24, 2.45) is 0 Å². The third-order valence-electron chi connectivity index (χ3n) is 4.75. The molecule has 0 bridgehead atoms. The van der Waals surface area contributed by atoms with E-state index >= 15 is 0 Å². The molecule has 7 nitrogen and oxygen atoms in total. The number of carbonyl (C=O) groups excluding carboxylic acids is 1. The molecule has 1 saturated heterocycles. The van der Waals surface area contributed by atoms with Crippen molar-refractivity contribution in [1.29, 1.82) is 0 Å². The van der Waals surface area contributed by atoms with Crippen molar-refractivity contribution >= 4 is 15.9 Å². The summed E-state index contributed by atoms with van der Waals surface area (Å²) >= 11 is 0. The monoisotopic (exact) mass is 418 g/mol. The predicted molar refractivity (Wildman–Crippen MR) is 109 cm³/mol. The quantitative estimate of drug-likeness (QED) is 0.779. The number of nitrogens with zero attached hydrogens (tertiary/aromatic N) is 1. The maximum atomic E-state index is 13.0. The number of carbonyl (C=O) groups is 1. The number of benzene rings is 2. The highest BCUT2D eigenvalue weighted by atomic mass is 32.2. The van der Waals surface area contributed by atoms with Crippen molar-refractivity contribution in [2.75, 3.05) is 20.2 Å². The summed E-state index contributed by atoms with van der Waals surface area (Å²) in [4.78, 5) is 12.7. The van der Waals surface area contributed by atoms with Crippen LogP contribution in [-0.4, -0.2) is 51.0 Å². The summed E-state index contributed by atoms with van der Waals surface area (Å²) in [5.41, 5.74) is 1.12. The maximum Gasteiger partial charge on any atom is 0.251 e. The lowest BCUT2D eigenvalue weighted by molar-refractivity contribution is -0.0440. The largest absolute Gasteiger partial charge is 0.496 e. The number of morpholine rings is 1. The minimum Gasteiger partial charge on any atom is -0.496 e. The summed E-state index contributed by atoms with van der Waals surface area (Å²) in [6.45, 7) is 4.55. The second-order valence-electron chi connectivity index (χ2n) is 7.10. The van der Waals surface area contributed by atoms with Gasteiger partial charge >= 0.3 is 0 Å². The SMILES string of the molecule is COc1ccccc1CNC(=O)c1cccc(S(=O)(=O)N2C[C@@H](C)O[C@@H](C)C2)c1. The van der Waals surface area contributed by atoms with Crippen LogP contribution in [0.15, 0.2) is 53.4 Å². The van der Waals surface area contributed by atoms with Crippen LogP contribution in [0.25, 0.3) is 0 Å². The van der Waals surface area contributed by atoms with Gasteiger partial charge in [-0.05, 0) is 38.1 Å². The Labute approximate surface area is 171 Å². The number of nitrogens with one attached hydrogen (secondary N) is 1. The number of para-hydroxylation sites is 1. The first kappa shape index (κ1) is 21.3. The number of hydrogen-bond donors (Lipinski definition) is 1. The fraction of sp³-hybridized carbons (Fsp3) is 0.381. The second-order valence-corrected chi connectivity index (χ2v) is 9.04. The Morgan fingerprint density at radius 2 is 1.83 bits per heavy atom. The zero-order valence-electron chi connectivity index (χ0n) is 16.8. The molecule has 8 heteroatoms. The number of ether oxygens (including phenoxy) is 2. The summed E-state index contributed by atoms with van der Waals surface area (Å²) in [6.07, 6.45) is -0.360. The normalized spacial score (nSPS) is 20.2. The van der Waals surface area contributed by atoms with Crippen LogP contribution in [-0.2, 0) is 21.3 Å². The van der Waals surface area contributed by atoms with E-state index in [9.17, 15) is 13.2 Å². The van der Waals surface area contributed by atoms with E-state index in [0.29, 0.717) is 5.75 Å². The highest BCUT2D eigenvalue weighted by Crippen LogP contribution is 2.22. The van der Waals surface area contributed by atoms with E-state index in [1.165, 1.54) is 16.4 Å². The number of amides is 1. The van der Waals surface area contributed by atoms with Gasteiger partial charge in [0.2, 0.25) is 10.0 Å². The van der Waals surface area contributed by atoms with Gasteiger partial charge < -0.3 is 14.8 Å². The molecule has 29 heavy (non-hydrogen) atoms. The van der Waals surface area contributed by atoms with Crippen molar-refractivity contribution in [3.8, 4) is 5.75 Å². The van der Waals surface area contributed by atoms with Crippen LogP contribution < -0.4 is 10.1 Å². The summed E-state index contributed by atoms with van der Waals surface area (Å²) < 4.78 is 38.4. The van der Waals surface area contributed by atoms with Gasteiger partial charge in [0.25, 0.3) is 5.91 Å². The van der Waals surface area contributed by atoms with Gasteiger partial charge in [-0.1, -0.05) is 24.3 Å². The Hall–Kier alpha value is -2.42. The first-order chi connectivity index (χ1) is 13.8. The van der Waals surface area contributed by atoms with Crippen LogP contribution >= 0.6 is 0 Å². The molecule has 0 spiro atoms. The molecule has 0 saturated carbocycles. The topological polar surface area (TPSA) is 84.9 Å². The van der Waals surface area contributed by atoms with Crippen LogP contribution in [0.4, 0.5) is 0 Å². The molecule has 2 atom stereocenters. The summed E-state index contributed by atoms with van der Waals surface area (Å²) in [7, 11) is -2.14. The molecule has 1 heterocycles. The molecule has 0 aromatic heterocycles. The van der Waals surface area contributed by atoms with E-state index < -0.39 is 10.0 Å². The fourth-order valence-corrected chi connectivity index (χ4v) is 5.04. The van der Waals surface area contributed by atoms with E-state index in [0.717, 1.165) is 5.56 Å². The second kappa shape index (κ2) is 8.94. The average molecular weight is 419 g/mol. The summed E-state index contributed by atoms with van der Waals surface area (Å²) in [5.74, 6) is 0.330. The van der Waals surface area contributed by atoms with Crippen LogP contribution in [0, 0.1) is 0 Å². The van der Waals surface area contributed by atoms with Crippen LogP contribution in [0.2, 0.25) is 0 Å². The van der Waals surface area contributed by atoms with E-state index in [1.807, 2.05) is 38.1 Å². The Balaban J connectivity index is 1.75. The Morgan fingerprint density at radius 1 is 1.14 bits per heavy atom. The molecule has 0 aliphatic carbocycles. The van der Waals surface area contributed by atoms with Crippen molar-refractivity contribution in [1.82, 2.24) is 9.62 Å². The van der Waals surface area contributed by atoms with E-state index in [1.54, 1.807) is 19.2 Å². The van der Waals surface area contributed by atoms with Crippen molar-refractivity contribution in [3.05, 3.63) is 59.7 Å². The first-order valence-electron chi connectivity index (χ1n) is 9.47. The standard InChI is InChI=1S/C21H26N2O5S/c1-15-13-23(14-16(2)28-15)29(25,26)19-9-6-8-17(11-19)21(24)22-12-18-7-4-5-10-20(18)27-3/h4-11,15-16H,12-14H2,1-3H3,(H,22,24)/t15-,16+. The average Bonchev–Trinajstić information content (AvgIpc) is 2.71. The van der Waals surface area contributed by atoms with E-state index in [4.69, 9.17) is 9.47 Å². The van der Waals surface area contributed by atoms with E-state index in [2.05, 4.69) is 5.32 Å². The van der Waals surface area contributed by atoms with E-state index in [-0.39, 0.29) is 48.2 Å². The highest BCUT2D eigenvalue weighted by Gasteiger charge is 2.32. The molecular formula is C21H26N2O5S. The molecule has 3 rings (SSSR count). The van der Waals surface area contributed by atoms with Gasteiger partial charge in [-0.15, -0.1) is 0 Å². The molecule has 1 N–H and O–H groups in total. The molecular weight excluding hydrogens is 392 g/mol. The maximum absolute atomic E-state index is 13.0. The lowest BCUT2D eigenvalue weighted by atomic mass is 10.2. The zero-order valence-corrected chi connectivity index (χ0v) is 17.6. The summed E-state index contributed by atoms with van der Waals surface area (Å²) in [5, 5.41) is 2.81. The Bertz CT molecular complexity index is 967. The lowest BCUT2D eigenvalue weighted by Gasteiger charge is -2.34. The van der Waals surface area contributed by atoms with Gasteiger partial charge in [-0.2, -0.15) is 4.31 Å². The number of methoxy groups -OCH3 is 1. The molecule has 1 amide bonds. The van der Waals surface area contributed by atoms with Gasteiger partial charge in [-0.25, -0.2) is 8.42 Å². The van der Waals surface area contributed by atoms with Crippen molar-refractivity contribution in [3.63, 3.8) is 0 Å². The van der Waals surface area contributed by atoms with Crippen LogP contribution in [0.5, 0.6) is 5.75 Å². The van der Waals surface area contributed by atoms with Gasteiger partial charge in [0.05, 0.1) is 24.2 Å². The smallest absolute Gasteiger partial charge is 0.251 e. The minimum atomic E-state index is -3.71. The number of hydrogen-bond acceptors (Lipinski definition) is 5. The molecule has 1 aliphatic rings. The zero-order chi connectivity index (χ0) is 21.0. The summed E-state index contributed by atoms with van der Waals surface area (Å²) in [6, 6.07) is 13.5. The third-order valence-corrected chi connectivity index (χ3v) is 6.58. The third kappa shape index (κ3) is 4.95. The fourth-order valence-electron chi connectivity index (χ4n) is 3.40. The van der Waals surface area contributed by atoms with Gasteiger partial charge in [-0.3, -0.25) is 4.79 Å². The first-order valence-corrected chi connectivity index (χ1v) is 10.9. The molecule has 0 radical (unpaired) electrons. The van der Waals surface area contributed by atoms with Crippen LogP contribution in [0.3, 0.4) is 0 Å². The molecule has 2 aromatic rings. The Morgan fingerprint density at radius 3 is 2.52 bits per heavy atom. The lowest BCUT2D eigenvalue weighted by Crippen LogP contribution is -2.48. The van der Waals surface area contributed by atoms with Crippen molar-refractivity contribution in [2.45, 2.75) is 37.5 Å².